The Balaban J connectivity index is 1.55. The van der Waals surface area contributed by atoms with Gasteiger partial charge in [-0.3, -0.25) is 4.98 Å². The zero-order valence-corrected chi connectivity index (χ0v) is 21.6. The van der Waals surface area contributed by atoms with E-state index in [0.717, 1.165) is 11.4 Å². The molecule has 4 nitrogen and oxygen atoms in total. The van der Waals surface area contributed by atoms with Crippen LogP contribution in [0.4, 0.5) is 5.69 Å². The highest BCUT2D eigenvalue weighted by Gasteiger charge is 2.42. The Labute approximate surface area is 221 Å². The van der Waals surface area contributed by atoms with Crippen molar-refractivity contribution in [1.82, 2.24) is 14.9 Å². The lowest BCUT2D eigenvalue weighted by Gasteiger charge is -2.28. The molecule has 6 rings (SSSR count). The molecule has 1 aliphatic rings. The fraction of sp³-hybridized carbons (Fsp3) is 0.133. The highest BCUT2D eigenvalue weighted by atomic mass is 35.5. The lowest BCUT2D eigenvalue weighted by Crippen LogP contribution is -2.29. The number of thiocarbonyl (C=S) groups is 1. The van der Waals surface area contributed by atoms with Crippen LogP contribution in [0.5, 0.6) is 0 Å². The quantitative estimate of drug-likeness (QED) is 0.255. The third kappa shape index (κ3) is 3.76. The summed E-state index contributed by atoms with van der Waals surface area (Å²) in [6, 6.07) is 31.0. The van der Waals surface area contributed by atoms with E-state index in [9.17, 15) is 0 Å². The molecule has 0 bridgehead atoms. The number of anilines is 1. The molecule has 0 saturated carbocycles. The van der Waals surface area contributed by atoms with Crippen molar-refractivity contribution in [2.45, 2.75) is 25.9 Å². The normalized spacial score (nSPS) is 17.5. The summed E-state index contributed by atoms with van der Waals surface area (Å²) in [7, 11) is 0. The van der Waals surface area contributed by atoms with Gasteiger partial charge in [0.1, 0.15) is 0 Å². The zero-order chi connectivity index (χ0) is 24.8. The van der Waals surface area contributed by atoms with Gasteiger partial charge in [0.05, 0.1) is 23.5 Å². The second-order valence-electron chi connectivity index (χ2n) is 9.13. The predicted molar refractivity (Wildman–Crippen MR) is 152 cm³/mol. The van der Waals surface area contributed by atoms with Crippen LogP contribution in [0.2, 0.25) is 5.02 Å². The Kier molecular flexibility index (Phi) is 5.75. The Hall–Kier alpha value is -3.67. The number of rotatable bonds is 4. The third-order valence-electron chi connectivity index (χ3n) is 7.00. The van der Waals surface area contributed by atoms with Crippen LogP contribution in [-0.4, -0.2) is 14.7 Å². The van der Waals surface area contributed by atoms with E-state index in [1.54, 1.807) is 0 Å². The van der Waals surface area contributed by atoms with E-state index in [1.807, 2.05) is 42.6 Å². The molecule has 0 amide bonds. The summed E-state index contributed by atoms with van der Waals surface area (Å²) in [6.07, 6.45) is 1.83. The Bertz CT molecular complexity index is 1570. The van der Waals surface area contributed by atoms with Crippen molar-refractivity contribution >= 4 is 45.4 Å². The molecule has 178 valence electrons. The first kappa shape index (κ1) is 22.8. The molecular formula is C30H25ClN4S. The number of fused-ring (bicyclic) bond motifs is 1. The van der Waals surface area contributed by atoms with Gasteiger partial charge in [0.15, 0.2) is 5.11 Å². The van der Waals surface area contributed by atoms with Gasteiger partial charge in [-0.1, -0.05) is 54.1 Å². The van der Waals surface area contributed by atoms with Crippen molar-refractivity contribution in [3.05, 3.63) is 125 Å². The summed E-state index contributed by atoms with van der Waals surface area (Å²) in [6.45, 7) is 4.36. The fourth-order valence-corrected chi connectivity index (χ4v) is 5.88. The fourth-order valence-electron chi connectivity index (χ4n) is 5.41. The van der Waals surface area contributed by atoms with E-state index in [-0.39, 0.29) is 12.1 Å². The lowest BCUT2D eigenvalue weighted by atomic mass is 9.96. The number of aromatic nitrogens is 2. The molecular weight excluding hydrogens is 484 g/mol. The van der Waals surface area contributed by atoms with E-state index in [0.29, 0.717) is 10.1 Å². The smallest absolute Gasteiger partial charge is 0.174 e. The molecule has 3 aromatic carbocycles. The van der Waals surface area contributed by atoms with Crippen molar-refractivity contribution < 1.29 is 0 Å². The molecule has 1 aliphatic heterocycles. The van der Waals surface area contributed by atoms with Crippen molar-refractivity contribution in [3.8, 4) is 5.69 Å². The van der Waals surface area contributed by atoms with Gasteiger partial charge in [-0.15, -0.1) is 0 Å². The van der Waals surface area contributed by atoms with E-state index in [4.69, 9.17) is 28.8 Å². The SMILES string of the molecule is Cc1cc([C@@H]2[C@H](c3ccccn3)NC(=S)N2c2ccc(Cl)cc2)c(C)n1-c1cccc2ccccc12. The van der Waals surface area contributed by atoms with Gasteiger partial charge in [-0.25, -0.2) is 0 Å². The minimum absolute atomic E-state index is 0.0801. The van der Waals surface area contributed by atoms with Crippen LogP contribution in [0, 0.1) is 13.8 Å². The number of nitrogens with zero attached hydrogens (tertiary/aromatic N) is 3. The number of halogens is 1. The summed E-state index contributed by atoms with van der Waals surface area (Å²) < 4.78 is 2.36. The van der Waals surface area contributed by atoms with Gasteiger partial charge in [0, 0.05) is 33.7 Å². The molecule has 0 aliphatic carbocycles. The first-order valence-corrected chi connectivity index (χ1v) is 12.7. The molecule has 1 fully saturated rings. The van der Waals surface area contributed by atoms with Gasteiger partial charge in [0.25, 0.3) is 0 Å². The molecule has 5 aromatic rings. The monoisotopic (exact) mass is 508 g/mol. The summed E-state index contributed by atoms with van der Waals surface area (Å²) in [5, 5.41) is 7.38. The standard InChI is InChI=1S/C30H25ClN4S/c1-19-18-25(20(2)34(19)27-12-7-9-21-8-3-4-10-24(21)27)29-28(26-11-5-6-17-32-26)33-30(36)35(29)23-15-13-22(31)14-16-23/h3-18,28-29H,1-2H3,(H,33,36)/t28-,29+/m0/s1. The molecule has 2 atom stereocenters. The molecule has 6 heteroatoms. The van der Waals surface area contributed by atoms with Crippen LogP contribution in [0.15, 0.2) is 97.2 Å². The lowest BCUT2D eigenvalue weighted by molar-refractivity contribution is 0.565. The molecule has 2 aromatic heterocycles. The van der Waals surface area contributed by atoms with Gasteiger partial charge >= 0.3 is 0 Å². The minimum Gasteiger partial charge on any atom is -0.351 e. The van der Waals surface area contributed by atoms with Crippen LogP contribution in [-0.2, 0) is 0 Å². The van der Waals surface area contributed by atoms with E-state index in [1.165, 1.54) is 33.4 Å². The van der Waals surface area contributed by atoms with Gasteiger partial charge < -0.3 is 14.8 Å². The van der Waals surface area contributed by atoms with E-state index in [2.05, 4.69) is 83.2 Å². The number of hydrogen-bond acceptors (Lipinski definition) is 2. The number of benzene rings is 3. The second kappa shape index (κ2) is 9.08. The molecule has 0 spiro atoms. The molecule has 0 radical (unpaired) electrons. The molecule has 1 saturated heterocycles. The topological polar surface area (TPSA) is 33.1 Å². The van der Waals surface area contributed by atoms with Crippen LogP contribution < -0.4 is 10.2 Å². The summed E-state index contributed by atoms with van der Waals surface area (Å²) in [4.78, 5) is 6.89. The molecule has 3 heterocycles. The van der Waals surface area contributed by atoms with Gasteiger partial charge in [-0.05, 0) is 85.5 Å². The second-order valence-corrected chi connectivity index (χ2v) is 9.96. The maximum atomic E-state index is 6.22. The first-order valence-electron chi connectivity index (χ1n) is 12.0. The minimum atomic E-state index is -0.101. The van der Waals surface area contributed by atoms with Gasteiger partial charge in [0.2, 0.25) is 0 Å². The van der Waals surface area contributed by atoms with Crippen LogP contribution in [0.3, 0.4) is 0 Å². The van der Waals surface area contributed by atoms with Crippen molar-refractivity contribution in [3.63, 3.8) is 0 Å². The Morgan fingerprint density at radius 3 is 2.42 bits per heavy atom. The van der Waals surface area contributed by atoms with Gasteiger partial charge in [-0.2, -0.15) is 0 Å². The van der Waals surface area contributed by atoms with Crippen LogP contribution in [0.25, 0.3) is 16.5 Å². The number of pyridine rings is 1. The molecule has 36 heavy (non-hydrogen) atoms. The van der Waals surface area contributed by atoms with E-state index >= 15 is 0 Å². The van der Waals surface area contributed by atoms with E-state index < -0.39 is 0 Å². The van der Waals surface area contributed by atoms with Crippen molar-refractivity contribution in [2.24, 2.45) is 0 Å². The average Bonchev–Trinajstić information content (AvgIpc) is 3.39. The number of aryl methyl sites for hydroxylation is 1. The zero-order valence-electron chi connectivity index (χ0n) is 20.0. The Morgan fingerprint density at radius 2 is 1.64 bits per heavy atom. The summed E-state index contributed by atoms with van der Waals surface area (Å²) in [5.74, 6) is 0. The number of hydrogen-bond donors (Lipinski definition) is 1. The van der Waals surface area contributed by atoms with Crippen molar-refractivity contribution in [2.75, 3.05) is 4.90 Å². The molecule has 1 N–H and O–H groups in total. The Morgan fingerprint density at radius 1 is 0.889 bits per heavy atom. The molecule has 0 unspecified atom stereocenters. The number of nitrogens with one attached hydrogen (secondary N) is 1. The predicted octanol–water partition coefficient (Wildman–Crippen LogP) is 7.47. The van der Waals surface area contributed by atoms with Crippen LogP contribution >= 0.6 is 23.8 Å². The average molecular weight is 509 g/mol. The summed E-state index contributed by atoms with van der Waals surface area (Å²) >= 11 is 12.1. The maximum absolute atomic E-state index is 6.22. The maximum Gasteiger partial charge on any atom is 0.174 e. The van der Waals surface area contributed by atoms with Crippen LogP contribution in [0.1, 0.15) is 34.7 Å². The highest BCUT2D eigenvalue weighted by Crippen LogP contribution is 2.44. The third-order valence-corrected chi connectivity index (χ3v) is 7.57. The van der Waals surface area contributed by atoms with Crippen molar-refractivity contribution in [1.29, 1.82) is 0 Å². The first-order chi connectivity index (χ1) is 17.5. The highest BCUT2D eigenvalue weighted by molar-refractivity contribution is 7.80. The summed E-state index contributed by atoms with van der Waals surface area (Å²) in [5.41, 5.74) is 6.69. The largest absolute Gasteiger partial charge is 0.351 e.